The van der Waals surface area contributed by atoms with Gasteiger partial charge in [0.15, 0.2) is 0 Å². The Bertz CT molecular complexity index is 954. The van der Waals surface area contributed by atoms with E-state index in [1.165, 1.54) is 5.56 Å². The van der Waals surface area contributed by atoms with E-state index in [9.17, 15) is 5.11 Å². The Kier molecular flexibility index (Phi) is 6.24. The van der Waals surface area contributed by atoms with Gasteiger partial charge in [0.1, 0.15) is 23.4 Å². The largest absolute Gasteiger partial charge is 0.508 e. The second-order valence-corrected chi connectivity index (χ2v) is 8.13. The topological polar surface area (TPSA) is 41.9 Å². The number of benzene rings is 3. The molecule has 2 atom stereocenters. The van der Waals surface area contributed by atoms with Crippen molar-refractivity contribution in [2.24, 2.45) is 0 Å². The highest BCUT2D eigenvalue weighted by molar-refractivity contribution is 5.45. The molecule has 1 N–H and O–H groups in total. The average Bonchev–Trinajstić information content (AvgIpc) is 2.77. The quantitative estimate of drug-likeness (QED) is 0.552. The molecule has 0 saturated carbocycles. The van der Waals surface area contributed by atoms with Crippen molar-refractivity contribution in [3.8, 4) is 17.2 Å². The third-order valence-electron chi connectivity index (χ3n) is 5.56. The van der Waals surface area contributed by atoms with Crippen molar-refractivity contribution >= 4 is 0 Å². The highest BCUT2D eigenvalue weighted by atomic mass is 16.5. The van der Waals surface area contributed by atoms with Crippen molar-refractivity contribution < 1.29 is 14.6 Å². The minimum atomic E-state index is -0.121. The zero-order valence-corrected chi connectivity index (χ0v) is 17.6. The van der Waals surface area contributed by atoms with E-state index in [1.807, 2.05) is 24.3 Å². The Balaban J connectivity index is 1.55. The van der Waals surface area contributed by atoms with Crippen LogP contribution in [0.2, 0.25) is 0 Å². The number of hydrogen-bond donors (Lipinski definition) is 1. The van der Waals surface area contributed by atoms with Gasteiger partial charge in [0.25, 0.3) is 0 Å². The minimum Gasteiger partial charge on any atom is -0.508 e. The first kappa shape index (κ1) is 20.3. The van der Waals surface area contributed by atoms with Crippen molar-refractivity contribution in [3.05, 3.63) is 89.5 Å². The summed E-state index contributed by atoms with van der Waals surface area (Å²) in [6.45, 7) is 1.72. The molecule has 156 valence electrons. The van der Waals surface area contributed by atoms with Crippen LogP contribution in [0.4, 0.5) is 0 Å². The number of hydrogen-bond acceptors (Lipinski definition) is 4. The molecule has 4 heteroatoms. The van der Waals surface area contributed by atoms with Crippen LogP contribution in [0.5, 0.6) is 17.2 Å². The van der Waals surface area contributed by atoms with Gasteiger partial charge < -0.3 is 19.5 Å². The fraction of sp³-hybridized carbons (Fsp3) is 0.308. The van der Waals surface area contributed by atoms with Gasteiger partial charge >= 0.3 is 0 Å². The molecule has 4 rings (SSSR count). The first-order valence-electron chi connectivity index (χ1n) is 10.5. The zero-order valence-electron chi connectivity index (χ0n) is 17.6. The van der Waals surface area contributed by atoms with E-state index in [0.29, 0.717) is 6.61 Å². The molecule has 3 aromatic carbocycles. The molecule has 0 radical (unpaired) electrons. The van der Waals surface area contributed by atoms with E-state index in [1.54, 1.807) is 12.1 Å². The van der Waals surface area contributed by atoms with Crippen LogP contribution >= 0.6 is 0 Å². The molecule has 0 spiro atoms. The van der Waals surface area contributed by atoms with Crippen molar-refractivity contribution in [2.75, 3.05) is 27.2 Å². The molecule has 3 aromatic rings. The predicted molar refractivity (Wildman–Crippen MR) is 119 cm³/mol. The maximum Gasteiger partial charge on any atom is 0.131 e. The SMILES string of the molecule is CN(C)CCCOc1ccc(C2Oc3cc(O)ccc3CC2c2ccccc2)cc1. The molecule has 0 saturated heterocycles. The van der Waals surface area contributed by atoms with Gasteiger partial charge in [-0.1, -0.05) is 48.5 Å². The van der Waals surface area contributed by atoms with Gasteiger partial charge in [-0.2, -0.15) is 0 Å². The lowest BCUT2D eigenvalue weighted by molar-refractivity contribution is 0.151. The van der Waals surface area contributed by atoms with Crippen molar-refractivity contribution in [2.45, 2.75) is 24.9 Å². The second kappa shape index (κ2) is 9.23. The maximum atomic E-state index is 9.90. The molecule has 0 aromatic heterocycles. The molecule has 1 heterocycles. The van der Waals surface area contributed by atoms with Crippen LogP contribution in [0.25, 0.3) is 0 Å². The van der Waals surface area contributed by atoms with E-state index in [0.717, 1.165) is 42.0 Å². The molecule has 1 aliphatic heterocycles. The van der Waals surface area contributed by atoms with Gasteiger partial charge in [-0.15, -0.1) is 0 Å². The highest BCUT2D eigenvalue weighted by Gasteiger charge is 2.32. The molecule has 0 aliphatic carbocycles. The second-order valence-electron chi connectivity index (χ2n) is 8.13. The summed E-state index contributed by atoms with van der Waals surface area (Å²) in [5, 5.41) is 9.90. The zero-order chi connectivity index (χ0) is 20.9. The highest BCUT2D eigenvalue weighted by Crippen LogP contribution is 2.45. The lowest BCUT2D eigenvalue weighted by atomic mass is 9.82. The number of phenols is 1. The normalized spacial score (nSPS) is 18.0. The Morgan fingerprint density at radius 2 is 1.73 bits per heavy atom. The summed E-state index contributed by atoms with van der Waals surface area (Å²) in [4.78, 5) is 2.16. The summed E-state index contributed by atoms with van der Waals surface area (Å²) in [6, 6.07) is 24.1. The van der Waals surface area contributed by atoms with Gasteiger partial charge in [-0.25, -0.2) is 0 Å². The van der Waals surface area contributed by atoms with Gasteiger partial charge in [-0.05, 0) is 61.8 Å². The van der Waals surface area contributed by atoms with E-state index >= 15 is 0 Å². The Labute approximate surface area is 178 Å². The maximum absolute atomic E-state index is 9.90. The summed E-state index contributed by atoms with van der Waals surface area (Å²) in [7, 11) is 4.14. The molecule has 0 amide bonds. The molecule has 4 nitrogen and oxygen atoms in total. The lowest BCUT2D eigenvalue weighted by Gasteiger charge is -2.34. The van der Waals surface area contributed by atoms with Crippen LogP contribution in [-0.4, -0.2) is 37.3 Å². The first-order valence-corrected chi connectivity index (χ1v) is 10.5. The summed E-state index contributed by atoms with van der Waals surface area (Å²) in [5.74, 6) is 2.07. The molecule has 2 unspecified atom stereocenters. The van der Waals surface area contributed by atoms with Crippen molar-refractivity contribution in [1.29, 1.82) is 0 Å². The third kappa shape index (κ3) is 4.77. The average molecular weight is 404 g/mol. The molecule has 1 aliphatic rings. The Morgan fingerprint density at radius 3 is 2.47 bits per heavy atom. The number of ether oxygens (including phenoxy) is 2. The van der Waals surface area contributed by atoms with Crippen molar-refractivity contribution in [1.82, 2.24) is 4.90 Å². The molecule has 0 bridgehead atoms. The van der Waals surface area contributed by atoms with Crippen LogP contribution in [0.1, 0.15) is 35.1 Å². The van der Waals surface area contributed by atoms with Crippen molar-refractivity contribution in [3.63, 3.8) is 0 Å². The number of rotatable bonds is 7. The number of fused-ring (bicyclic) bond motifs is 1. The first-order chi connectivity index (χ1) is 14.6. The molecular formula is C26H29NO3. The molecular weight excluding hydrogens is 374 g/mol. The van der Waals surface area contributed by atoms with Gasteiger partial charge in [0.05, 0.1) is 6.61 Å². The molecule has 30 heavy (non-hydrogen) atoms. The summed E-state index contributed by atoms with van der Waals surface area (Å²) >= 11 is 0. The van der Waals surface area contributed by atoms with E-state index < -0.39 is 0 Å². The van der Waals surface area contributed by atoms with E-state index in [2.05, 4.69) is 55.4 Å². The van der Waals surface area contributed by atoms with Crippen LogP contribution in [0.3, 0.4) is 0 Å². The van der Waals surface area contributed by atoms with Gasteiger partial charge in [-0.3, -0.25) is 0 Å². The standard InChI is InChI=1S/C26H29NO3/c1-27(2)15-6-16-29-23-13-10-20(11-14-23)26-24(19-7-4-3-5-8-19)17-21-9-12-22(28)18-25(21)30-26/h3-5,7-14,18,24,26,28H,6,15-17H2,1-2H3. The van der Waals surface area contributed by atoms with Crippen LogP contribution in [0.15, 0.2) is 72.8 Å². The van der Waals surface area contributed by atoms with Gasteiger partial charge in [0, 0.05) is 18.5 Å². The van der Waals surface area contributed by atoms with E-state index in [4.69, 9.17) is 9.47 Å². The summed E-state index contributed by atoms with van der Waals surface area (Å²) < 4.78 is 12.3. The van der Waals surface area contributed by atoms with Crippen LogP contribution < -0.4 is 9.47 Å². The minimum absolute atomic E-state index is 0.121. The summed E-state index contributed by atoms with van der Waals surface area (Å²) in [6.07, 6.45) is 1.74. The fourth-order valence-corrected chi connectivity index (χ4v) is 4.00. The lowest BCUT2D eigenvalue weighted by Crippen LogP contribution is -2.24. The number of phenolic OH excluding ortho intramolecular Hbond substituents is 1. The smallest absolute Gasteiger partial charge is 0.131 e. The number of aromatic hydroxyl groups is 1. The van der Waals surface area contributed by atoms with Crippen LogP contribution in [0, 0.1) is 0 Å². The monoisotopic (exact) mass is 403 g/mol. The predicted octanol–water partition coefficient (Wildman–Crippen LogP) is 5.18. The molecule has 0 fully saturated rings. The number of nitrogens with zero attached hydrogens (tertiary/aromatic N) is 1. The van der Waals surface area contributed by atoms with E-state index in [-0.39, 0.29) is 17.8 Å². The van der Waals surface area contributed by atoms with Crippen LogP contribution in [-0.2, 0) is 6.42 Å². The third-order valence-corrected chi connectivity index (χ3v) is 5.56. The summed E-state index contributed by atoms with van der Waals surface area (Å²) in [5.41, 5.74) is 3.49. The van der Waals surface area contributed by atoms with Gasteiger partial charge in [0.2, 0.25) is 0 Å². The Hall–Kier alpha value is -2.98. The fourth-order valence-electron chi connectivity index (χ4n) is 4.00. The Morgan fingerprint density at radius 1 is 0.967 bits per heavy atom.